The fourth-order valence-electron chi connectivity index (χ4n) is 2.91. The molecule has 0 radical (unpaired) electrons. The van der Waals surface area contributed by atoms with E-state index in [0.29, 0.717) is 18.6 Å². The Hall–Kier alpha value is -1.44. The van der Waals surface area contributed by atoms with Crippen LogP contribution in [0, 0.1) is 11.8 Å². The van der Waals surface area contributed by atoms with Crippen LogP contribution in [0.4, 0.5) is 0 Å². The van der Waals surface area contributed by atoms with Crippen LogP contribution in [0.3, 0.4) is 0 Å². The molecule has 3 atom stereocenters. The van der Waals surface area contributed by atoms with E-state index in [-0.39, 0.29) is 34.8 Å². The fraction of sp³-hybridized carbons (Fsp3) is 0.562. The summed E-state index contributed by atoms with van der Waals surface area (Å²) in [7, 11) is -3.76. The van der Waals surface area contributed by atoms with Crippen LogP contribution in [0.5, 0.6) is 0 Å². The number of ether oxygens (including phenoxy) is 1. The Labute approximate surface area is 137 Å². The Kier molecular flexibility index (Phi) is 5.44. The third-order valence-corrected chi connectivity index (χ3v) is 5.09. The number of benzene rings is 1. The van der Waals surface area contributed by atoms with Crippen LogP contribution in [0.15, 0.2) is 29.2 Å². The van der Waals surface area contributed by atoms with Crippen molar-refractivity contribution < 1.29 is 17.9 Å². The van der Waals surface area contributed by atoms with Crippen molar-refractivity contribution in [3.05, 3.63) is 29.8 Å². The summed E-state index contributed by atoms with van der Waals surface area (Å²) >= 11 is 0. The molecule has 0 bridgehead atoms. The SMILES string of the molecule is CC(NC(=O)C1CCOC1C(C)C)c1cccc(S(N)(=O)=O)c1. The van der Waals surface area contributed by atoms with Crippen LogP contribution in [0.25, 0.3) is 0 Å². The second kappa shape index (κ2) is 6.98. The highest BCUT2D eigenvalue weighted by atomic mass is 32.2. The molecule has 23 heavy (non-hydrogen) atoms. The highest BCUT2D eigenvalue weighted by Crippen LogP contribution is 2.28. The second-order valence-electron chi connectivity index (χ2n) is 6.32. The number of hydrogen-bond donors (Lipinski definition) is 2. The van der Waals surface area contributed by atoms with Gasteiger partial charge >= 0.3 is 0 Å². The van der Waals surface area contributed by atoms with Crippen molar-refractivity contribution in [2.75, 3.05) is 6.61 Å². The smallest absolute Gasteiger partial charge is 0.238 e. The largest absolute Gasteiger partial charge is 0.377 e. The molecule has 1 aromatic carbocycles. The van der Waals surface area contributed by atoms with E-state index in [1.165, 1.54) is 12.1 Å². The molecule has 0 aromatic heterocycles. The Balaban J connectivity index is 2.10. The lowest BCUT2D eigenvalue weighted by molar-refractivity contribution is -0.128. The Morgan fingerprint density at radius 2 is 2.04 bits per heavy atom. The summed E-state index contributed by atoms with van der Waals surface area (Å²) in [5.41, 5.74) is 0.699. The molecule has 0 saturated carbocycles. The van der Waals surface area contributed by atoms with E-state index in [4.69, 9.17) is 9.88 Å². The van der Waals surface area contributed by atoms with Crippen LogP contribution < -0.4 is 10.5 Å². The first-order valence-corrected chi connectivity index (χ1v) is 9.29. The quantitative estimate of drug-likeness (QED) is 0.850. The summed E-state index contributed by atoms with van der Waals surface area (Å²) < 4.78 is 28.5. The highest BCUT2D eigenvalue weighted by molar-refractivity contribution is 7.89. The Morgan fingerprint density at radius 1 is 1.35 bits per heavy atom. The van der Waals surface area contributed by atoms with Gasteiger partial charge in [0.25, 0.3) is 0 Å². The number of carbonyl (C=O) groups is 1. The molecular weight excluding hydrogens is 316 g/mol. The number of hydrogen-bond acceptors (Lipinski definition) is 4. The summed E-state index contributed by atoms with van der Waals surface area (Å²) in [6.45, 7) is 6.49. The van der Waals surface area contributed by atoms with E-state index < -0.39 is 10.0 Å². The van der Waals surface area contributed by atoms with Crippen LogP contribution in [-0.4, -0.2) is 27.0 Å². The number of sulfonamides is 1. The lowest BCUT2D eigenvalue weighted by atomic mass is 9.92. The van der Waals surface area contributed by atoms with E-state index in [0.717, 1.165) is 0 Å². The van der Waals surface area contributed by atoms with E-state index in [2.05, 4.69) is 5.32 Å². The number of primary sulfonamides is 1. The number of nitrogens with one attached hydrogen (secondary N) is 1. The maximum Gasteiger partial charge on any atom is 0.238 e. The van der Waals surface area contributed by atoms with Gasteiger partial charge in [-0.05, 0) is 37.0 Å². The topological polar surface area (TPSA) is 98.5 Å². The minimum absolute atomic E-state index is 0.0420. The van der Waals surface area contributed by atoms with Gasteiger partial charge in [0.2, 0.25) is 15.9 Å². The molecular formula is C16H24N2O4S. The van der Waals surface area contributed by atoms with Gasteiger partial charge in [-0.1, -0.05) is 26.0 Å². The maximum atomic E-state index is 12.5. The third-order valence-electron chi connectivity index (χ3n) is 4.17. The molecule has 1 heterocycles. The fourth-order valence-corrected chi connectivity index (χ4v) is 3.48. The minimum Gasteiger partial charge on any atom is -0.377 e. The number of carbonyl (C=O) groups excluding carboxylic acids is 1. The van der Waals surface area contributed by atoms with Crippen molar-refractivity contribution in [3.63, 3.8) is 0 Å². The molecule has 3 unspecified atom stereocenters. The summed E-state index contributed by atoms with van der Waals surface area (Å²) in [5, 5.41) is 8.09. The predicted octanol–water partition coefficient (Wildman–Crippen LogP) is 1.57. The molecule has 2 rings (SSSR count). The molecule has 1 aliphatic heterocycles. The molecule has 1 aromatic rings. The zero-order chi connectivity index (χ0) is 17.2. The van der Waals surface area contributed by atoms with Gasteiger partial charge < -0.3 is 10.1 Å². The molecule has 0 spiro atoms. The maximum absolute atomic E-state index is 12.5. The van der Waals surface area contributed by atoms with Crippen LogP contribution >= 0.6 is 0 Å². The zero-order valence-electron chi connectivity index (χ0n) is 13.7. The van der Waals surface area contributed by atoms with Crippen LogP contribution in [0.1, 0.15) is 38.8 Å². The second-order valence-corrected chi connectivity index (χ2v) is 7.88. The average Bonchev–Trinajstić information content (AvgIpc) is 2.96. The van der Waals surface area contributed by atoms with Gasteiger partial charge in [-0.15, -0.1) is 0 Å². The molecule has 1 aliphatic rings. The molecule has 1 fully saturated rings. The van der Waals surface area contributed by atoms with Gasteiger partial charge in [0.05, 0.1) is 23.0 Å². The van der Waals surface area contributed by atoms with Gasteiger partial charge in [-0.25, -0.2) is 13.6 Å². The highest BCUT2D eigenvalue weighted by Gasteiger charge is 2.36. The molecule has 128 valence electrons. The number of amides is 1. The Bertz CT molecular complexity index is 672. The monoisotopic (exact) mass is 340 g/mol. The van der Waals surface area contributed by atoms with Crippen molar-refractivity contribution in [1.29, 1.82) is 0 Å². The molecule has 6 nitrogen and oxygen atoms in total. The van der Waals surface area contributed by atoms with Crippen molar-refractivity contribution in [2.24, 2.45) is 17.0 Å². The van der Waals surface area contributed by atoms with Crippen LogP contribution in [0.2, 0.25) is 0 Å². The molecule has 1 amide bonds. The van der Waals surface area contributed by atoms with E-state index in [1.807, 2.05) is 20.8 Å². The Morgan fingerprint density at radius 3 is 2.65 bits per heavy atom. The standard InChI is InChI=1S/C16H24N2O4S/c1-10(2)15-14(7-8-22-15)16(19)18-11(3)12-5-4-6-13(9-12)23(17,20)21/h4-6,9-11,14-15H,7-8H2,1-3H3,(H,18,19)(H2,17,20,21). The number of nitrogens with two attached hydrogens (primary N) is 1. The summed E-state index contributed by atoms with van der Waals surface area (Å²) in [4.78, 5) is 12.5. The molecule has 1 saturated heterocycles. The molecule has 0 aliphatic carbocycles. The summed E-state index contributed by atoms with van der Waals surface area (Å²) in [6, 6.07) is 6.01. The van der Waals surface area contributed by atoms with Crippen molar-refractivity contribution in [3.8, 4) is 0 Å². The first-order valence-electron chi connectivity index (χ1n) is 7.75. The van der Waals surface area contributed by atoms with Crippen molar-refractivity contribution in [1.82, 2.24) is 5.32 Å². The summed E-state index contributed by atoms with van der Waals surface area (Å²) in [6.07, 6.45) is 0.636. The van der Waals surface area contributed by atoms with Gasteiger partial charge in [0.1, 0.15) is 0 Å². The average molecular weight is 340 g/mol. The van der Waals surface area contributed by atoms with E-state index >= 15 is 0 Å². The van der Waals surface area contributed by atoms with E-state index in [1.54, 1.807) is 12.1 Å². The normalized spacial score (nSPS) is 23.0. The lowest BCUT2D eigenvalue weighted by Crippen LogP contribution is -2.38. The van der Waals surface area contributed by atoms with Crippen molar-refractivity contribution >= 4 is 15.9 Å². The lowest BCUT2D eigenvalue weighted by Gasteiger charge is -2.23. The van der Waals surface area contributed by atoms with Gasteiger partial charge in [-0.2, -0.15) is 0 Å². The van der Waals surface area contributed by atoms with Gasteiger partial charge in [-0.3, -0.25) is 4.79 Å². The van der Waals surface area contributed by atoms with Crippen molar-refractivity contribution in [2.45, 2.75) is 44.2 Å². The molecule has 3 N–H and O–H groups in total. The summed E-state index contributed by atoms with van der Waals surface area (Å²) in [5.74, 6) is 0.0443. The van der Waals surface area contributed by atoms with Gasteiger partial charge in [0, 0.05) is 6.61 Å². The third kappa shape index (κ3) is 4.31. The minimum atomic E-state index is -3.76. The number of rotatable bonds is 5. The van der Waals surface area contributed by atoms with Gasteiger partial charge in [0.15, 0.2) is 0 Å². The predicted molar refractivity (Wildman–Crippen MR) is 87.1 cm³/mol. The van der Waals surface area contributed by atoms with Crippen LogP contribution in [-0.2, 0) is 19.6 Å². The zero-order valence-corrected chi connectivity index (χ0v) is 14.5. The molecule has 7 heteroatoms. The first-order chi connectivity index (χ1) is 10.7. The first kappa shape index (κ1) is 17.9. The van der Waals surface area contributed by atoms with E-state index in [9.17, 15) is 13.2 Å².